The number of para-hydroxylation sites is 2. The molecule has 0 radical (unpaired) electrons. The zero-order valence-electron chi connectivity index (χ0n) is 23.1. The minimum atomic E-state index is -1.51. The van der Waals surface area contributed by atoms with E-state index in [0.29, 0.717) is 16.8 Å². The van der Waals surface area contributed by atoms with E-state index in [4.69, 9.17) is 22.8 Å². The van der Waals surface area contributed by atoms with Crippen molar-refractivity contribution in [2.24, 2.45) is 0 Å². The first kappa shape index (κ1) is 30.9. The number of hydrogen-bond donors (Lipinski definition) is 4. The van der Waals surface area contributed by atoms with Gasteiger partial charge in [-0.2, -0.15) is 0 Å². The third-order valence-corrected chi connectivity index (χ3v) is 6.26. The smallest absolute Gasteiger partial charge is 0.408 e. The molecule has 0 heterocycles. The van der Waals surface area contributed by atoms with Gasteiger partial charge in [0.05, 0.1) is 10.7 Å². The van der Waals surface area contributed by atoms with Gasteiger partial charge in [0.2, 0.25) is 0 Å². The highest BCUT2D eigenvalue weighted by molar-refractivity contribution is 6.34. The van der Waals surface area contributed by atoms with Crippen LogP contribution in [0, 0.1) is 19.4 Å². The van der Waals surface area contributed by atoms with Crippen molar-refractivity contribution in [2.45, 2.75) is 51.8 Å². The zero-order valence-corrected chi connectivity index (χ0v) is 23.9. The van der Waals surface area contributed by atoms with E-state index >= 15 is 0 Å². The van der Waals surface area contributed by atoms with Gasteiger partial charge in [0, 0.05) is 18.0 Å². The minimum Gasteiger partial charge on any atom is -0.508 e. The van der Waals surface area contributed by atoms with Gasteiger partial charge in [0.1, 0.15) is 23.1 Å². The summed E-state index contributed by atoms with van der Waals surface area (Å²) in [4.78, 5) is 41.4. The summed E-state index contributed by atoms with van der Waals surface area (Å²) in [6.07, 6.45) is 4.91. The van der Waals surface area contributed by atoms with Gasteiger partial charge < -0.3 is 25.6 Å². The lowest BCUT2D eigenvalue weighted by molar-refractivity contribution is -0.136. The molecule has 0 saturated carbocycles. The quantitative estimate of drug-likeness (QED) is 0.213. The summed E-state index contributed by atoms with van der Waals surface area (Å²) in [7, 11) is 0. The Hall–Kier alpha value is -4.68. The van der Waals surface area contributed by atoms with Crippen LogP contribution in [0.25, 0.3) is 0 Å². The first-order valence-corrected chi connectivity index (χ1v) is 13.1. The van der Waals surface area contributed by atoms with Gasteiger partial charge in [-0.15, -0.1) is 0 Å². The minimum absolute atomic E-state index is 0.0214. The van der Waals surface area contributed by atoms with Crippen LogP contribution in [0.4, 0.5) is 10.5 Å². The lowest BCUT2D eigenvalue weighted by atomic mass is 10.00. The molecule has 0 aliphatic carbocycles. The van der Waals surface area contributed by atoms with E-state index in [1.165, 1.54) is 24.3 Å². The van der Waals surface area contributed by atoms with Crippen molar-refractivity contribution in [3.63, 3.8) is 0 Å². The van der Waals surface area contributed by atoms with Crippen molar-refractivity contribution in [2.75, 3.05) is 5.32 Å². The van der Waals surface area contributed by atoms with Crippen LogP contribution < -0.4 is 10.6 Å². The maximum Gasteiger partial charge on any atom is 0.408 e. The number of halogens is 1. The second-order valence-corrected chi connectivity index (χ2v) is 10.7. The molecule has 0 bridgehead atoms. The maximum absolute atomic E-state index is 14.0. The number of aryl methyl sites for hydroxylation is 1. The number of terminal acetylenes is 1. The fraction of sp³-hybridized carbons (Fsp3) is 0.258. The molecule has 2 atom stereocenters. The lowest BCUT2D eigenvalue weighted by Crippen LogP contribution is -2.51. The molecule has 0 aliphatic heterocycles. The van der Waals surface area contributed by atoms with Crippen LogP contribution in [0.15, 0.2) is 66.7 Å². The van der Waals surface area contributed by atoms with Gasteiger partial charge in [-0.05, 0) is 63.1 Å². The van der Waals surface area contributed by atoms with Gasteiger partial charge >= 0.3 is 6.09 Å². The second kappa shape index (κ2) is 13.1. The van der Waals surface area contributed by atoms with Gasteiger partial charge in [0.15, 0.2) is 6.04 Å². The molecule has 41 heavy (non-hydrogen) atoms. The number of carbonyl (C=O) groups excluding carboxylic acids is 3. The summed E-state index contributed by atoms with van der Waals surface area (Å²) >= 11 is 6.33. The summed E-state index contributed by atoms with van der Waals surface area (Å²) in [5, 5.41) is 25.9. The van der Waals surface area contributed by atoms with Crippen LogP contribution in [0.5, 0.6) is 11.5 Å². The normalized spacial score (nSPS) is 12.4. The molecule has 10 heteroatoms. The Morgan fingerprint density at radius 2 is 1.68 bits per heavy atom. The molecule has 0 saturated heterocycles. The number of aromatic hydroxyl groups is 2. The number of ether oxygens (including phenoxy) is 1. The van der Waals surface area contributed by atoms with Crippen molar-refractivity contribution in [3.8, 4) is 24.0 Å². The van der Waals surface area contributed by atoms with E-state index in [2.05, 4.69) is 16.7 Å². The lowest BCUT2D eigenvalue weighted by Gasteiger charge is -2.31. The molecule has 0 aliphatic rings. The summed E-state index contributed by atoms with van der Waals surface area (Å²) < 4.78 is 5.36. The first-order valence-electron chi connectivity index (χ1n) is 12.7. The zero-order chi connectivity index (χ0) is 30.3. The van der Waals surface area contributed by atoms with Crippen LogP contribution in [-0.2, 0) is 20.7 Å². The number of phenols is 2. The number of benzene rings is 3. The Morgan fingerprint density at radius 1 is 1.02 bits per heavy atom. The average Bonchev–Trinajstić information content (AvgIpc) is 2.89. The van der Waals surface area contributed by atoms with Gasteiger partial charge in [0.25, 0.3) is 11.8 Å². The SMILES string of the molecule is C#CN(C(=O)C(Cc1ccc(O)cc1)NC(=O)OC(C)(C)C)C(C(=O)Nc1c(C)cccc1Cl)c1ccccc1O. The first-order chi connectivity index (χ1) is 19.3. The molecular formula is C31H32ClN3O6. The summed E-state index contributed by atoms with van der Waals surface area (Å²) in [5.41, 5.74) is 0.771. The molecule has 0 fully saturated rings. The van der Waals surface area contributed by atoms with Gasteiger partial charge in [-0.1, -0.05) is 60.5 Å². The van der Waals surface area contributed by atoms with Crippen LogP contribution in [-0.4, -0.2) is 44.7 Å². The molecule has 3 rings (SSSR count). The summed E-state index contributed by atoms with van der Waals surface area (Å²) in [6, 6.07) is 16.6. The van der Waals surface area contributed by atoms with Crippen molar-refractivity contribution in [3.05, 3.63) is 88.4 Å². The average molecular weight is 578 g/mol. The van der Waals surface area contributed by atoms with Gasteiger partial charge in [-0.25, -0.2) is 4.79 Å². The molecule has 214 valence electrons. The fourth-order valence-corrected chi connectivity index (χ4v) is 4.32. The number of alkyl carbamates (subject to hydrolysis) is 1. The standard InChI is InChI=1S/C31H32ClN3O6/c1-6-35(29(39)24(33-30(40)41-31(3,4)5)18-20-14-16-21(36)17-15-20)27(22-11-7-8-13-25(22)37)28(38)34-26-19(2)10-9-12-23(26)32/h1,7-17,24,27,36-37H,18H2,2-5H3,(H,33,40)(H,34,38). The highest BCUT2D eigenvalue weighted by Crippen LogP contribution is 2.32. The van der Waals surface area contributed by atoms with Crippen molar-refractivity contribution in [1.29, 1.82) is 0 Å². The number of phenolic OH excluding ortho intramolecular Hbond substituents is 2. The Bertz CT molecular complexity index is 1440. The van der Waals surface area contributed by atoms with Crippen LogP contribution >= 0.6 is 11.6 Å². The topological polar surface area (TPSA) is 128 Å². The van der Waals surface area contributed by atoms with E-state index in [-0.39, 0.29) is 28.5 Å². The van der Waals surface area contributed by atoms with E-state index in [1.807, 2.05) is 0 Å². The molecular weight excluding hydrogens is 546 g/mol. The molecule has 0 aromatic heterocycles. The third-order valence-electron chi connectivity index (χ3n) is 5.95. The summed E-state index contributed by atoms with van der Waals surface area (Å²) in [6.45, 7) is 6.77. The molecule has 2 unspecified atom stereocenters. The van der Waals surface area contributed by atoms with Crippen molar-refractivity contribution >= 4 is 35.2 Å². The highest BCUT2D eigenvalue weighted by atomic mass is 35.5. The Morgan fingerprint density at radius 3 is 2.27 bits per heavy atom. The largest absolute Gasteiger partial charge is 0.508 e. The van der Waals surface area contributed by atoms with Crippen LogP contribution in [0.3, 0.4) is 0 Å². The van der Waals surface area contributed by atoms with Gasteiger partial charge in [-0.3, -0.25) is 14.5 Å². The number of carbonyl (C=O) groups is 3. The molecule has 3 aromatic carbocycles. The fourth-order valence-electron chi connectivity index (χ4n) is 4.05. The van der Waals surface area contributed by atoms with Crippen molar-refractivity contribution < 1.29 is 29.3 Å². The van der Waals surface area contributed by atoms with Crippen molar-refractivity contribution in [1.82, 2.24) is 10.2 Å². The number of nitrogens with zero attached hydrogens (tertiary/aromatic N) is 1. The third kappa shape index (κ3) is 8.16. The van der Waals surface area contributed by atoms with Crippen LogP contribution in [0.2, 0.25) is 5.02 Å². The molecule has 9 nitrogen and oxygen atoms in total. The number of amides is 3. The number of anilines is 1. The number of rotatable bonds is 8. The van der Waals surface area contributed by atoms with E-state index < -0.39 is 35.6 Å². The Kier molecular flexibility index (Phi) is 9.87. The Balaban J connectivity index is 2.05. The monoisotopic (exact) mass is 577 g/mol. The highest BCUT2D eigenvalue weighted by Gasteiger charge is 2.37. The molecule has 4 N–H and O–H groups in total. The molecule has 3 aromatic rings. The maximum atomic E-state index is 14.0. The number of nitrogens with one attached hydrogen (secondary N) is 2. The summed E-state index contributed by atoms with van der Waals surface area (Å²) in [5.74, 6) is -1.81. The molecule has 0 spiro atoms. The van der Waals surface area contributed by atoms with E-state index in [9.17, 15) is 24.6 Å². The van der Waals surface area contributed by atoms with E-state index in [0.717, 1.165) is 4.90 Å². The second-order valence-electron chi connectivity index (χ2n) is 10.3. The predicted molar refractivity (Wildman–Crippen MR) is 156 cm³/mol. The predicted octanol–water partition coefficient (Wildman–Crippen LogP) is 5.29. The molecule has 3 amide bonds. The van der Waals surface area contributed by atoms with E-state index in [1.54, 1.807) is 70.2 Å². The number of hydrogen-bond acceptors (Lipinski definition) is 6. The van der Waals surface area contributed by atoms with Crippen LogP contribution in [0.1, 0.15) is 43.5 Å². The Labute approximate surface area is 244 Å².